The Morgan fingerprint density at radius 1 is 1.29 bits per heavy atom. The zero-order chi connectivity index (χ0) is 15.0. The number of aliphatic hydroxyl groups excluding tert-OH is 1. The van der Waals surface area contributed by atoms with E-state index < -0.39 is 11.9 Å². The summed E-state index contributed by atoms with van der Waals surface area (Å²) < 4.78 is 25.5. The molecule has 3 nitrogen and oxygen atoms in total. The second kappa shape index (κ2) is 5.66. The van der Waals surface area contributed by atoms with Gasteiger partial charge in [-0.3, -0.25) is 0 Å². The zero-order valence-electron chi connectivity index (χ0n) is 11.3. The number of fused-ring (bicyclic) bond motifs is 1. The van der Waals surface area contributed by atoms with Crippen LogP contribution < -0.4 is 9.47 Å². The molecule has 0 spiro atoms. The minimum atomic E-state index is -0.638. The fourth-order valence-electron chi connectivity index (χ4n) is 2.51. The van der Waals surface area contributed by atoms with Crippen LogP contribution in [0.15, 0.2) is 40.9 Å². The summed E-state index contributed by atoms with van der Waals surface area (Å²) in [5, 5.41) is 10.3. The number of ether oxygens (including phenoxy) is 2. The summed E-state index contributed by atoms with van der Waals surface area (Å²) in [6.07, 6.45) is -0.634. The summed E-state index contributed by atoms with van der Waals surface area (Å²) in [4.78, 5) is 0. The van der Waals surface area contributed by atoms with Crippen LogP contribution in [0.5, 0.6) is 11.5 Å². The van der Waals surface area contributed by atoms with Crippen molar-refractivity contribution in [2.45, 2.75) is 18.6 Å². The quantitative estimate of drug-likeness (QED) is 0.882. The molecule has 2 aromatic rings. The molecule has 0 radical (unpaired) electrons. The third kappa shape index (κ3) is 2.76. The summed E-state index contributed by atoms with van der Waals surface area (Å²) in [6, 6.07) is 10.2. The molecule has 0 aromatic heterocycles. The molecule has 21 heavy (non-hydrogen) atoms. The number of hydrogen-bond donors (Lipinski definition) is 1. The first-order valence-electron chi connectivity index (χ1n) is 6.56. The Bertz CT molecular complexity index is 675. The lowest BCUT2D eigenvalue weighted by molar-refractivity contribution is 0.0655. The highest BCUT2D eigenvalue weighted by Crippen LogP contribution is 2.42. The van der Waals surface area contributed by atoms with E-state index in [1.807, 2.05) is 12.1 Å². The third-order valence-electron chi connectivity index (χ3n) is 3.59. The number of methoxy groups -OCH3 is 1. The van der Waals surface area contributed by atoms with E-state index in [-0.39, 0.29) is 11.9 Å². The molecular formula is C16H14BrFO3. The van der Waals surface area contributed by atoms with Gasteiger partial charge in [-0.15, -0.1) is 0 Å². The van der Waals surface area contributed by atoms with Gasteiger partial charge in [0.1, 0.15) is 11.9 Å². The van der Waals surface area contributed by atoms with Crippen LogP contribution in [0.3, 0.4) is 0 Å². The number of aliphatic hydroxyl groups is 1. The smallest absolute Gasteiger partial charge is 0.165 e. The third-order valence-corrected chi connectivity index (χ3v) is 4.08. The summed E-state index contributed by atoms with van der Waals surface area (Å²) >= 11 is 3.37. The van der Waals surface area contributed by atoms with Crippen LogP contribution in [-0.4, -0.2) is 12.2 Å². The van der Waals surface area contributed by atoms with Crippen LogP contribution in [0.25, 0.3) is 0 Å². The summed E-state index contributed by atoms with van der Waals surface area (Å²) in [7, 11) is 1.42. The van der Waals surface area contributed by atoms with E-state index >= 15 is 0 Å². The zero-order valence-corrected chi connectivity index (χ0v) is 12.9. The highest BCUT2D eigenvalue weighted by Gasteiger charge is 2.28. The first kappa shape index (κ1) is 14.4. The molecule has 0 amide bonds. The van der Waals surface area contributed by atoms with Gasteiger partial charge in [-0.05, 0) is 35.9 Å². The van der Waals surface area contributed by atoms with Crippen LogP contribution in [0, 0.1) is 5.82 Å². The molecule has 1 N–H and O–H groups in total. The van der Waals surface area contributed by atoms with Crippen molar-refractivity contribution in [1.82, 2.24) is 0 Å². The second-order valence-corrected chi connectivity index (χ2v) is 5.85. The van der Waals surface area contributed by atoms with E-state index in [9.17, 15) is 9.50 Å². The molecule has 1 heterocycles. The van der Waals surface area contributed by atoms with Gasteiger partial charge in [0, 0.05) is 16.5 Å². The van der Waals surface area contributed by atoms with E-state index in [4.69, 9.17) is 9.47 Å². The normalized spacial score (nSPS) is 20.6. The van der Waals surface area contributed by atoms with Gasteiger partial charge >= 0.3 is 0 Å². The Morgan fingerprint density at radius 3 is 2.81 bits per heavy atom. The highest BCUT2D eigenvalue weighted by atomic mass is 79.9. The Balaban J connectivity index is 1.92. The van der Waals surface area contributed by atoms with Gasteiger partial charge in [-0.2, -0.15) is 0 Å². The summed E-state index contributed by atoms with van der Waals surface area (Å²) in [5.41, 5.74) is 1.43. The van der Waals surface area contributed by atoms with Gasteiger partial charge < -0.3 is 14.6 Å². The van der Waals surface area contributed by atoms with Crippen LogP contribution in [0.1, 0.15) is 29.8 Å². The molecule has 0 saturated carbocycles. The molecule has 0 saturated heterocycles. The van der Waals surface area contributed by atoms with E-state index in [0.29, 0.717) is 17.7 Å². The van der Waals surface area contributed by atoms with Crippen molar-refractivity contribution in [2.24, 2.45) is 0 Å². The van der Waals surface area contributed by atoms with Crippen molar-refractivity contribution < 1.29 is 19.0 Å². The molecule has 2 aromatic carbocycles. The Kier molecular flexibility index (Phi) is 3.87. The minimum Gasteiger partial charge on any atom is -0.494 e. The molecule has 2 atom stereocenters. The minimum absolute atomic E-state index is 0.194. The van der Waals surface area contributed by atoms with Crippen LogP contribution in [0.4, 0.5) is 4.39 Å². The van der Waals surface area contributed by atoms with Crippen molar-refractivity contribution in [3.8, 4) is 11.5 Å². The number of rotatable bonds is 2. The maximum Gasteiger partial charge on any atom is 0.165 e. The fourth-order valence-corrected chi connectivity index (χ4v) is 2.88. The predicted octanol–water partition coefficient (Wildman–Crippen LogP) is 4.15. The highest BCUT2D eigenvalue weighted by molar-refractivity contribution is 9.10. The fraction of sp³-hybridized carbons (Fsp3) is 0.250. The lowest BCUT2D eigenvalue weighted by atomic mass is 9.95. The summed E-state index contributed by atoms with van der Waals surface area (Å²) in [6.45, 7) is 0. The van der Waals surface area contributed by atoms with E-state index in [0.717, 1.165) is 10.0 Å². The molecule has 0 bridgehead atoms. The first-order chi connectivity index (χ1) is 10.1. The van der Waals surface area contributed by atoms with Crippen LogP contribution in [0.2, 0.25) is 0 Å². The predicted molar refractivity (Wildman–Crippen MR) is 80.0 cm³/mol. The average molecular weight is 353 g/mol. The molecule has 3 rings (SSSR count). The topological polar surface area (TPSA) is 38.7 Å². The Hall–Kier alpha value is -1.59. The van der Waals surface area contributed by atoms with Crippen LogP contribution in [-0.2, 0) is 0 Å². The van der Waals surface area contributed by atoms with Crippen molar-refractivity contribution in [1.29, 1.82) is 0 Å². The lowest BCUT2D eigenvalue weighted by Crippen LogP contribution is -2.19. The van der Waals surface area contributed by atoms with Gasteiger partial charge in [0.05, 0.1) is 13.2 Å². The average Bonchev–Trinajstić information content (AvgIpc) is 2.47. The molecule has 1 aliphatic rings. The maximum absolute atomic E-state index is 13.8. The standard InChI is InChI=1S/C16H14BrFO3/c1-20-15-4-2-9(6-12(15)18)16-8-13(19)11-7-10(17)3-5-14(11)21-16/h2-7,13,16,19H,8H2,1H3/t13-,16?/m0/s1. The van der Waals surface area contributed by atoms with Crippen LogP contribution >= 0.6 is 15.9 Å². The molecule has 110 valence electrons. The Labute approximate surface area is 130 Å². The van der Waals surface area contributed by atoms with Gasteiger partial charge in [0.2, 0.25) is 0 Å². The van der Waals surface area contributed by atoms with Crippen molar-refractivity contribution >= 4 is 15.9 Å². The molecule has 1 aliphatic heterocycles. The first-order valence-corrected chi connectivity index (χ1v) is 7.35. The van der Waals surface area contributed by atoms with Gasteiger partial charge in [-0.25, -0.2) is 4.39 Å². The van der Waals surface area contributed by atoms with Gasteiger partial charge in [0.15, 0.2) is 11.6 Å². The number of halogens is 2. The largest absolute Gasteiger partial charge is 0.494 e. The lowest BCUT2D eigenvalue weighted by Gasteiger charge is -2.30. The molecule has 0 aliphatic carbocycles. The van der Waals surface area contributed by atoms with Crippen molar-refractivity contribution in [2.75, 3.05) is 7.11 Å². The van der Waals surface area contributed by atoms with Gasteiger partial charge in [0.25, 0.3) is 0 Å². The molecular weight excluding hydrogens is 339 g/mol. The number of hydrogen-bond acceptors (Lipinski definition) is 3. The van der Waals surface area contributed by atoms with Crippen molar-refractivity contribution in [3.05, 3.63) is 57.8 Å². The van der Waals surface area contributed by atoms with E-state index in [1.54, 1.807) is 18.2 Å². The molecule has 1 unspecified atom stereocenters. The second-order valence-electron chi connectivity index (χ2n) is 4.93. The Morgan fingerprint density at radius 2 is 2.10 bits per heavy atom. The monoisotopic (exact) mass is 352 g/mol. The van der Waals surface area contributed by atoms with E-state index in [2.05, 4.69) is 15.9 Å². The summed E-state index contributed by atoms with van der Waals surface area (Å²) in [5.74, 6) is 0.382. The number of benzene rings is 2. The molecule has 5 heteroatoms. The maximum atomic E-state index is 13.8. The van der Waals surface area contributed by atoms with Gasteiger partial charge in [-0.1, -0.05) is 22.0 Å². The SMILES string of the molecule is COc1ccc(C2C[C@H](O)c3cc(Br)ccc3O2)cc1F. The van der Waals surface area contributed by atoms with E-state index in [1.165, 1.54) is 13.2 Å². The molecule has 0 fully saturated rings. The van der Waals surface area contributed by atoms with Crippen molar-refractivity contribution in [3.63, 3.8) is 0 Å².